The van der Waals surface area contributed by atoms with Crippen LogP contribution in [0.5, 0.6) is 17.2 Å². The molecule has 210 valence electrons. The molecule has 6 nitrogen and oxygen atoms in total. The molecule has 0 radical (unpaired) electrons. The quantitative estimate of drug-likeness (QED) is 0.343. The highest BCUT2D eigenvalue weighted by molar-refractivity contribution is 6.04. The van der Waals surface area contributed by atoms with Crippen LogP contribution in [0.25, 0.3) is 0 Å². The summed E-state index contributed by atoms with van der Waals surface area (Å²) in [4.78, 5) is 22.0. The number of nitrogens with zero attached hydrogens (tertiary/aromatic N) is 3. The summed E-state index contributed by atoms with van der Waals surface area (Å²) in [5.41, 5.74) is 1.65. The van der Waals surface area contributed by atoms with Crippen molar-refractivity contribution >= 4 is 17.4 Å². The highest BCUT2D eigenvalue weighted by atomic mass is 19.4. The maximum Gasteiger partial charge on any atom is 0.416 e. The molecule has 9 heteroatoms. The predicted octanol–water partition coefficient (Wildman–Crippen LogP) is 7.04. The van der Waals surface area contributed by atoms with Crippen molar-refractivity contribution in [2.75, 3.05) is 26.7 Å². The SMILES string of the molecule is COc1ccc2c(c1)C(N1CCN(C(=O)c3ccc(C(C)(C)C)cc3)C(C)C1)=Nc1cc(C(F)(F)F)ccc1O2. The lowest BCUT2D eigenvalue weighted by Gasteiger charge is -2.41. The van der Waals surface area contributed by atoms with Crippen molar-refractivity contribution in [1.29, 1.82) is 0 Å². The zero-order valence-corrected chi connectivity index (χ0v) is 23.2. The second-order valence-electron chi connectivity index (χ2n) is 11.2. The molecule has 1 saturated heterocycles. The third-order valence-electron chi connectivity index (χ3n) is 7.35. The topological polar surface area (TPSA) is 54.4 Å². The molecule has 0 saturated carbocycles. The van der Waals surface area contributed by atoms with E-state index >= 15 is 0 Å². The third kappa shape index (κ3) is 5.37. The predicted molar refractivity (Wildman–Crippen MR) is 148 cm³/mol. The standard InChI is InChI=1S/C31H32F3N3O3/c1-19-18-36(14-15-37(19)29(38)20-6-8-21(9-7-20)30(2,3)4)28-24-17-23(39-5)11-13-26(24)40-27-12-10-22(31(32,33)34)16-25(27)35-28/h6-13,16-17,19H,14-15,18H2,1-5H3. The molecule has 3 aromatic rings. The number of carbonyl (C=O) groups excluding carboxylic acids is 1. The summed E-state index contributed by atoms with van der Waals surface area (Å²) in [6, 6.07) is 16.1. The Labute approximate surface area is 232 Å². The van der Waals surface area contributed by atoms with Gasteiger partial charge in [0.05, 0.1) is 18.2 Å². The van der Waals surface area contributed by atoms with Crippen LogP contribution < -0.4 is 9.47 Å². The lowest BCUT2D eigenvalue weighted by atomic mass is 9.86. The van der Waals surface area contributed by atoms with E-state index in [1.165, 1.54) is 6.07 Å². The van der Waals surface area contributed by atoms with Gasteiger partial charge in [0.2, 0.25) is 0 Å². The van der Waals surface area contributed by atoms with Crippen LogP contribution in [-0.2, 0) is 11.6 Å². The number of amidine groups is 1. The van der Waals surface area contributed by atoms with Crippen LogP contribution in [0.4, 0.5) is 18.9 Å². The summed E-state index contributed by atoms with van der Waals surface area (Å²) in [5.74, 6) is 1.68. The van der Waals surface area contributed by atoms with Crippen molar-refractivity contribution in [2.45, 2.75) is 45.3 Å². The molecule has 2 heterocycles. The largest absolute Gasteiger partial charge is 0.497 e. The van der Waals surface area contributed by atoms with Crippen LogP contribution in [0.3, 0.4) is 0 Å². The van der Waals surface area contributed by atoms with Gasteiger partial charge in [0.1, 0.15) is 23.0 Å². The van der Waals surface area contributed by atoms with E-state index in [1.54, 1.807) is 25.3 Å². The third-order valence-corrected chi connectivity index (χ3v) is 7.35. The van der Waals surface area contributed by atoms with Gasteiger partial charge in [0.15, 0.2) is 5.75 Å². The van der Waals surface area contributed by atoms with Gasteiger partial charge in [-0.3, -0.25) is 4.79 Å². The number of aliphatic imine (C=N–C) groups is 1. The normalized spacial score (nSPS) is 17.3. The van der Waals surface area contributed by atoms with Gasteiger partial charge in [0, 0.05) is 31.2 Å². The fourth-order valence-electron chi connectivity index (χ4n) is 5.03. The number of amides is 1. The molecule has 2 aliphatic heterocycles. The smallest absolute Gasteiger partial charge is 0.416 e. The first-order valence-corrected chi connectivity index (χ1v) is 13.2. The molecule has 0 aliphatic carbocycles. The lowest BCUT2D eigenvalue weighted by Crippen LogP contribution is -2.55. The molecular weight excluding hydrogens is 519 g/mol. The number of methoxy groups -OCH3 is 1. The van der Waals surface area contributed by atoms with Crippen molar-refractivity contribution in [3.05, 3.63) is 82.9 Å². The monoisotopic (exact) mass is 551 g/mol. The number of hydrogen-bond acceptors (Lipinski definition) is 5. The average Bonchev–Trinajstić information content (AvgIpc) is 3.07. The molecule has 1 unspecified atom stereocenters. The molecular formula is C31H32F3N3O3. The highest BCUT2D eigenvalue weighted by Gasteiger charge is 2.34. The molecule has 3 aromatic carbocycles. The van der Waals surface area contributed by atoms with Crippen LogP contribution in [0.1, 0.15) is 54.7 Å². The zero-order chi connectivity index (χ0) is 28.8. The summed E-state index contributed by atoms with van der Waals surface area (Å²) in [6.07, 6.45) is -4.52. The van der Waals surface area contributed by atoms with Gasteiger partial charge in [0.25, 0.3) is 5.91 Å². The summed E-state index contributed by atoms with van der Waals surface area (Å²) in [7, 11) is 1.54. The van der Waals surface area contributed by atoms with Crippen LogP contribution in [0.15, 0.2) is 65.7 Å². The Morgan fingerprint density at radius 3 is 2.25 bits per heavy atom. The van der Waals surface area contributed by atoms with E-state index in [-0.39, 0.29) is 28.8 Å². The Balaban J connectivity index is 1.46. The molecule has 1 amide bonds. The summed E-state index contributed by atoms with van der Waals surface area (Å²) in [6.45, 7) is 9.65. The Bertz CT molecular complexity index is 1460. The van der Waals surface area contributed by atoms with Crippen LogP contribution in [-0.4, -0.2) is 54.3 Å². The fraction of sp³-hybridized carbons (Fsp3) is 0.355. The number of alkyl halides is 3. The van der Waals surface area contributed by atoms with Crippen molar-refractivity contribution in [2.24, 2.45) is 4.99 Å². The maximum atomic E-state index is 13.5. The first-order chi connectivity index (χ1) is 18.8. The van der Waals surface area contributed by atoms with E-state index in [2.05, 4.69) is 20.8 Å². The lowest BCUT2D eigenvalue weighted by molar-refractivity contribution is -0.137. The van der Waals surface area contributed by atoms with Gasteiger partial charge in [-0.1, -0.05) is 32.9 Å². The summed E-state index contributed by atoms with van der Waals surface area (Å²) >= 11 is 0. The van der Waals surface area contributed by atoms with E-state index in [1.807, 2.05) is 41.0 Å². The van der Waals surface area contributed by atoms with E-state index < -0.39 is 11.7 Å². The van der Waals surface area contributed by atoms with Crippen LogP contribution in [0.2, 0.25) is 0 Å². The van der Waals surface area contributed by atoms with E-state index in [0.29, 0.717) is 48.1 Å². The van der Waals surface area contributed by atoms with Crippen molar-refractivity contribution in [1.82, 2.24) is 9.80 Å². The first-order valence-electron chi connectivity index (χ1n) is 13.2. The first kappa shape index (κ1) is 27.6. The minimum Gasteiger partial charge on any atom is -0.497 e. The van der Waals surface area contributed by atoms with E-state index in [0.717, 1.165) is 17.7 Å². The molecule has 40 heavy (non-hydrogen) atoms. The summed E-state index contributed by atoms with van der Waals surface area (Å²) in [5, 5.41) is 0. The molecule has 0 N–H and O–H groups in total. The van der Waals surface area contributed by atoms with Crippen LogP contribution >= 0.6 is 0 Å². The van der Waals surface area contributed by atoms with Crippen molar-refractivity contribution in [3.63, 3.8) is 0 Å². The van der Waals surface area contributed by atoms with Crippen LogP contribution in [0, 0.1) is 0 Å². The molecule has 2 aliphatic rings. The van der Waals surface area contributed by atoms with Gasteiger partial charge in [-0.05, 0) is 66.4 Å². The number of halogens is 3. The number of benzene rings is 3. The minimum absolute atomic E-state index is 0.0118. The van der Waals surface area contributed by atoms with Gasteiger partial charge in [-0.15, -0.1) is 0 Å². The number of carbonyl (C=O) groups is 1. The number of fused-ring (bicyclic) bond motifs is 2. The van der Waals surface area contributed by atoms with E-state index in [9.17, 15) is 18.0 Å². The second kappa shape index (κ2) is 10.2. The number of piperazine rings is 1. The Hall–Kier alpha value is -4.01. The fourth-order valence-corrected chi connectivity index (χ4v) is 5.03. The molecule has 1 atom stereocenters. The van der Waals surface area contributed by atoms with E-state index in [4.69, 9.17) is 14.5 Å². The number of hydrogen-bond donors (Lipinski definition) is 0. The Morgan fingerprint density at radius 1 is 0.950 bits per heavy atom. The zero-order valence-electron chi connectivity index (χ0n) is 23.2. The summed E-state index contributed by atoms with van der Waals surface area (Å²) < 4.78 is 52.0. The molecule has 5 rings (SSSR count). The molecule has 0 spiro atoms. The molecule has 1 fully saturated rings. The molecule has 0 aromatic heterocycles. The highest BCUT2D eigenvalue weighted by Crippen LogP contribution is 2.42. The van der Waals surface area contributed by atoms with Gasteiger partial charge >= 0.3 is 6.18 Å². The minimum atomic E-state index is -4.52. The number of rotatable bonds is 2. The Morgan fingerprint density at radius 2 is 1.62 bits per heavy atom. The average molecular weight is 552 g/mol. The second-order valence-corrected chi connectivity index (χ2v) is 11.2. The Kier molecular flexibility index (Phi) is 7.02. The van der Waals surface area contributed by atoms with Gasteiger partial charge in [-0.2, -0.15) is 13.2 Å². The van der Waals surface area contributed by atoms with Crippen molar-refractivity contribution < 1.29 is 27.4 Å². The number of ether oxygens (including phenoxy) is 2. The molecule has 0 bridgehead atoms. The maximum absolute atomic E-state index is 13.5. The van der Waals surface area contributed by atoms with Gasteiger partial charge < -0.3 is 19.3 Å². The van der Waals surface area contributed by atoms with Gasteiger partial charge in [-0.25, -0.2) is 4.99 Å². The van der Waals surface area contributed by atoms with Crippen molar-refractivity contribution in [3.8, 4) is 17.2 Å².